The Bertz CT molecular complexity index is 1080. The summed E-state index contributed by atoms with van der Waals surface area (Å²) in [5.74, 6) is -1.99. The second-order valence-electron chi connectivity index (χ2n) is 5.30. The van der Waals surface area contributed by atoms with E-state index in [1.54, 1.807) is 6.92 Å². The largest absolute Gasteiger partial charge is 0.461 e. The Morgan fingerprint density at radius 1 is 1.33 bits per heavy atom. The molecular weight excluding hydrogens is 397 g/mol. The zero-order valence-corrected chi connectivity index (χ0v) is 15.6. The molecule has 7 nitrogen and oxygen atoms in total. The number of fused-ring (bicyclic) bond motifs is 1. The number of hydrogen-bond acceptors (Lipinski definition) is 6. The molecule has 140 valence electrons. The van der Waals surface area contributed by atoms with Crippen LogP contribution in [-0.4, -0.2) is 34.1 Å². The van der Waals surface area contributed by atoms with Crippen LogP contribution in [0.3, 0.4) is 0 Å². The highest BCUT2D eigenvalue weighted by Crippen LogP contribution is 2.30. The van der Waals surface area contributed by atoms with Gasteiger partial charge < -0.3 is 10.1 Å². The van der Waals surface area contributed by atoms with Crippen LogP contribution in [0.2, 0.25) is 0 Å². The van der Waals surface area contributed by atoms with Crippen LogP contribution in [0.1, 0.15) is 17.4 Å². The molecular formula is C17H13ClFN3O4S. The first kappa shape index (κ1) is 19.0. The van der Waals surface area contributed by atoms with Gasteiger partial charge in [0.15, 0.2) is 5.69 Å². The molecule has 0 spiro atoms. The van der Waals surface area contributed by atoms with Crippen molar-refractivity contribution >= 4 is 50.6 Å². The quantitative estimate of drug-likeness (QED) is 0.517. The second-order valence-corrected chi connectivity index (χ2v) is 6.44. The number of hydrogen-bond donors (Lipinski definition) is 1. The minimum Gasteiger partial charge on any atom is -0.461 e. The molecule has 2 heterocycles. The number of amides is 1. The molecule has 3 aromatic rings. The van der Waals surface area contributed by atoms with Crippen molar-refractivity contribution in [1.29, 1.82) is 0 Å². The predicted molar refractivity (Wildman–Crippen MR) is 100 cm³/mol. The molecule has 0 aliphatic heterocycles. The van der Waals surface area contributed by atoms with Gasteiger partial charge in [0.25, 0.3) is 5.56 Å². The van der Waals surface area contributed by atoms with Gasteiger partial charge in [0.1, 0.15) is 16.7 Å². The van der Waals surface area contributed by atoms with Crippen molar-refractivity contribution in [3.05, 3.63) is 51.5 Å². The molecule has 27 heavy (non-hydrogen) atoms. The Labute approximate surface area is 161 Å². The number of benzene rings is 1. The molecule has 0 bridgehead atoms. The summed E-state index contributed by atoms with van der Waals surface area (Å²) in [6.45, 7) is 1.77. The highest BCUT2D eigenvalue weighted by atomic mass is 35.5. The van der Waals surface area contributed by atoms with Gasteiger partial charge in [0.05, 0.1) is 17.7 Å². The number of anilines is 1. The molecule has 2 aromatic heterocycles. The molecule has 0 unspecified atom stereocenters. The summed E-state index contributed by atoms with van der Waals surface area (Å²) in [5, 5.41) is 8.77. The van der Waals surface area contributed by atoms with E-state index in [4.69, 9.17) is 16.3 Å². The van der Waals surface area contributed by atoms with Crippen molar-refractivity contribution in [2.24, 2.45) is 0 Å². The molecule has 3 rings (SSSR count). The number of rotatable bonds is 5. The van der Waals surface area contributed by atoms with E-state index in [9.17, 15) is 18.8 Å². The number of nitrogens with one attached hydrogen (secondary N) is 1. The van der Waals surface area contributed by atoms with E-state index < -0.39 is 23.3 Å². The first-order valence-electron chi connectivity index (χ1n) is 7.79. The van der Waals surface area contributed by atoms with Crippen molar-refractivity contribution in [2.45, 2.75) is 6.92 Å². The normalized spacial score (nSPS) is 10.8. The number of esters is 1. The third-order valence-corrected chi connectivity index (χ3v) is 4.70. The molecule has 1 N–H and O–H groups in total. The maximum absolute atomic E-state index is 13.2. The SMILES string of the molecule is CCOC(=O)c1nn(-c2ccc(F)cc2)c(=O)c2c(NC(=O)CCl)scc12. The van der Waals surface area contributed by atoms with Crippen LogP contribution in [0.4, 0.5) is 9.39 Å². The zero-order valence-electron chi connectivity index (χ0n) is 14.0. The van der Waals surface area contributed by atoms with Crippen LogP contribution in [0.15, 0.2) is 34.4 Å². The number of halogens is 2. The van der Waals surface area contributed by atoms with Crippen molar-refractivity contribution in [2.75, 3.05) is 17.8 Å². The Hall–Kier alpha value is -2.78. The number of ether oxygens (including phenoxy) is 1. The van der Waals surface area contributed by atoms with Gasteiger partial charge in [-0.3, -0.25) is 9.59 Å². The number of carbonyl (C=O) groups is 2. The smallest absolute Gasteiger partial charge is 0.359 e. The van der Waals surface area contributed by atoms with E-state index in [1.165, 1.54) is 29.6 Å². The first-order chi connectivity index (χ1) is 13.0. The van der Waals surface area contributed by atoms with Crippen LogP contribution in [0.5, 0.6) is 0 Å². The van der Waals surface area contributed by atoms with E-state index in [1.807, 2.05) is 0 Å². The standard InChI is InChI=1S/C17H13ClFN3O4S/c1-2-26-17(25)14-11-8-27-15(20-12(23)7-18)13(11)16(24)22(21-14)10-5-3-9(19)4-6-10/h3-6,8H,2,7H2,1H3,(H,20,23). The molecule has 0 aliphatic rings. The van der Waals surface area contributed by atoms with Gasteiger partial charge in [-0.05, 0) is 31.2 Å². The molecule has 0 saturated heterocycles. The highest BCUT2D eigenvalue weighted by Gasteiger charge is 2.23. The fourth-order valence-electron chi connectivity index (χ4n) is 2.41. The minimum absolute atomic E-state index is 0.0848. The summed E-state index contributed by atoms with van der Waals surface area (Å²) < 4.78 is 19.2. The lowest BCUT2D eigenvalue weighted by Gasteiger charge is -2.09. The van der Waals surface area contributed by atoms with Gasteiger partial charge in [-0.2, -0.15) is 9.78 Å². The van der Waals surface area contributed by atoms with Gasteiger partial charge in [0, 0.05) is 10.8 Å². The summed E-state index contributed by atoms with van der Waals surface area (Å²) in [6.07, 6.45) is 0. The number of aromatic nitrogens is 2. The molecule has 0 atom stereocenters. The topological polar surface area (TPSA) is 90.3 Å². The number of carbonyl (C=O) groups excluding carboxylic acids is 2. The monoisotopic (exact) mass is 409 g/mol. The van der Waals surface area contributed by atoms with Crippen molar-refractivity contribution in [3.8, 4) is 5.69 Å². The van der Waals surface area contributed by atoms with Crippen LogP contribution in [-0.2, 0) is 9.53 Å². The summed E-state index contributed by atoms with van der Waals surface area (Å²) in [7, 11) is 0. The van der Waals surface area contributed by atoms with Crippen LogP contribution >= 0.6 is 22.9 Å². The summed E-state index contributed by atoms with van der Waals surface area (Å²) in [5.41, 5.74) is -0.399. The summed E-state index contributed by atoms with van der Waals surface area (Å²) >= 11 is 6.58. The second kappa shape index (κ2) is 7.85. The van der Waals surface area contributed by atoms with E-state index in [2.05, 4.69) is 10.4 Å². The third-order valence-electron chi connectivity index (χ3n) is 3.57. The lowest BCUT2D eigenvalue weighted by molar-refractivity contribution is -0.113. The average Bonchev–Trinajstić information content (AvgIpc) is 3.07. The Morgan fingerprint density at radius 3 is 2.67 bits per heavy atom. The fourth-order valence-corrected chi connectivity index (χ4v) is 3.43. The van der Waals surface area contributed by atoms with Crippen molar-refractivity contribution in [3.63, 3.8) is 0 Å². The number of nitrogens with zero attached hydrogens (tertiary/aromatic N) is 2. The summed E-state index contributed by atoms with van der Waals surface area (Å²) in [4.78, 5) is 37.0. The number of alkyl halides is 1. The molecule has 0 fully saturated rings. The van der Waals surface area contributed by atoms with Gasteiger partial charge >= 0.3 is 5.97 Å². The predicted octanol–water partition coefficient (Wildman–Crippen LogP) is 2.94. The van der Waals surface area contributed by atoms with Crippen LogP contribution < -0.4 is 10.9 Å². The van der Waals surface area contributed by atoms with Gasteiger partial charge in [-0.15, -0.1) is 22.9 Å². The van der Waals surface area contributed by atoms with E-state index in [0.29, 0.717) is 0 Å². The van der Waals surface area contributed by atoms with Gasteiger partial charge in [0.2, 0.25) is 5.91 Å². The number of thiophene rings is 1. The van der Waals surface area contributed by atoms with Gasteiger partial charge in [-0.25, -0.2) is 9.18 Å². The van der Waals surface area contributed by atoms with Gasteiger partial charge in [-0.1, -0.05) is 0 Å². The summed E-state index contributed by atoms with van der Waals surface area (Å²) in [6, 6.07) is 5.05. The van der Waals surface area contributed by atoms with Crippen LogP contribution in [0, 0.1) is 5.82 Å². The minimum atomic E-state index is -0.716. The van der Waals surface area contributed by atoms with E-state index in [0.717, 1.165) is 16.0 Å². The lowest BCUT2D eigenvalue weighted by Crippen LogP contribution is -2.25. The third kappa shape index (κ3) is 3.69. The molecule has 1 aromatic carbocycles. The maximum atomic E-state index is 13.2. The van der Waals surface area contributed by atoms with E-state index in [-0.39, 0.29) is 39.6 Å². The molecule has 1 amide bonds. The lowest BCUT2D eigenvalue weighted by atomic mass is 10.2. The maximum Gasteiger partial charge on any atom is 0.359 e. The van der Waals surface area contributed by atoms with Crippen LogP contribution in [0.25, 0.3) is 16.5 Å². The van der Waals surface area contributed by atoms with Crippen molar-refractivity contribution in [1.82, 2.24) is 9.78 Å². The Kier molecular flexibility index (Phi) is 5.52. The first-order valence-corrected chi connectivity index (χ1v) is 9.21. The highest BCUT2D eigenvalue weighted by molar-refractivity contribution is 7.16. The molecule has 0 aliphatic carbocycles. The average molecular weight is 410 g/mol. The Morgan fingerprint density at radius 2 is 2.04 bits per heavy atom. The fraction of sp³-hybridized carbons (Fsp3) is 0.176. The molecule has 0 saturated carbocycles. The Balaban J connectivity index is 2.29. The van der Waals surface area contributed by atoms with E-state index >= 15 is 0 Å². The van der Waals surface area contributed by atoms with Crippen molar-refractivity contribution < 1.29 is 18.7 Å². The zero-order chi connectivity index (χ0) is 19.6. The molecule has 10 heteroatoms. The molecule has 0 radical (unpaired) electrons.